The standard InChI is InChI=1S/C19H22OSi/c1-4-21(2,3)19(15-10-6-5-7-11-15)14-18(20)16-12-8-9-13-17(16)19/h5-13H,4,14H2,1-3H3/t19-/m1/s1. The average molecular weight is 294 g/mol. The Balaban J connectivity index is 2.33. The van der Waals surface area contributed by atoms with Gasteiger partial charge in [-0.05, 0) is 11.1 Å². The molecule has 0 spiro atoms. The third kappa shape index (κ3) is 1.93. The lowest BCUT2D eigenvalue weighted by molar-refractivity contribution is 0.0987. The number of ketones is 1. The zero-order chi connectivity index (χ0) is 15.1. The van der Waals surface area contributed by atoms with Crippen molar-refractivity contribution < 1.29 is 4.79 Å². The molecular weight excluding hydrogens is 272 g/mol. The Bertz CT molecular complexity index is 675. The van der Waals surface area contributed by atoms with Crippen molar-refractivity contribution in [1.29, 1.82) is 0 Å². The largest absolute Gasteiger partial charge is 0.294 e. The molecule has 0 radical (unpaired) electrons. The Hall–Kier alpha value is -1.67. The van der Waals surface area contributed by atoms with Gasteiger partial charge in [0.15, 0.2) is 5.78 Å². The van der Waals surface area contributed by atoms with Crippen LogP contribution in [0.3, 0.4) is 0 Å². The number of Topliss-reactive ketones (excluding diaryl/α,β-unsaturated/α-hetero) is 1. The number of benzene rings is 2. The van der Waals surface area contributed by atoms with Crippen molar-refractivity contribution in [3.05, 3.63) is 71.3 Å². The zero-order valence-corrected chi connectivity index (χ0v) is 14.0. The molecule has 0 unspecified atom stereocenters. The molecule has 21 heavy (non-hydrogen) atoms. The summed E-state index contributed by atoms with van der Waals surface area (Å²) >= 11 is 0. The molecule has 0 aromatic heterocycles. The van der Waals surface area contributed by atoms with Gasteiger partial charge in [0.2, 0.25) is 0 Å². The molecule has 0 heterocycles. The highest BCUT2D eigenvalue weighted by Crippen LogP contribution is 2.51. The summed E-state index contributed by atoms with van der Waals surface area (Å²) in [6.07, 6.45) is 0.642. The van der Waals surface area contributed by atoms with Gasteiger partial charge in [-0.15, -0.1) is 0 Å². The van der Waals surface area contributed by atoms with Crippen molar-refractivity contribution >= 4 is 13.9 Å². The molecule has 1 aliphatic rings. The van der Waals surface area contributed by atoms with Gasteiger partial charge in [-0.2, -0.15) is 0 Å². The summed E-state index contributed by atoms with van der Waals surface area (Å²) in [5, 5.41) is -0.0727. The SMILES string of the molecule is CC[Si](C)(C)[C@@]1(c2ccccc2)CC(=O)c2ccccc21. The van der Waals surface area contributed by atoms with Gasteiger partial charge < -0.3 is 0 Å². The van der Waals surface area contributed by atoms with Gasteiger partial charge in [-0.3, -0.25) is 4.79 Å². The van der Waals surface area contributed by atoms with Crippen LogP contribution in [0.4, 0.5) is 0 Å². The summed E-state index contributed by atoms with van der Waals surface area (Å²) in [6, 6.07) is 20.1. The van der Waals surface area contributed by atoms with Crippen molar-refractivity contribution in [3.63, 3.8) is 0 Å². The Labute approximate surface area is 128 Å². The molecule has 0 bridgehead atoms. The summed E-state index contributed by atoms with van der Waals surface area (Å²) in [5.41, 5.74) is 3.52. The highest BCUT2D eigenvalue weighted by Gasteiger charge is 2.53. The van der Waals surface area contributed by atoms with Crippen LogP contribution in [0.2, 0.25) is 19.1 Å². The lowest BCUT2D eigenvalue weighted by Crippen LogP contribution is -2.51. The molecule has 1 aliphatic carbocycles. The molecule has 108 valence electrons. The topological polar surface area (TPSA) is 17.1 Å². The number of fused-ring (bicyclic) bond motifs is 1. The van der Waals surface area contributed by atoms with Gasteiger partial charge in [-0.25, -0.2) is 0 Å². The highest BCUT2D eigenvalue weighted by molar-refractivity contribution is 6.81. The van der Waals surface area contributed by atoms with E-state index in [4.69, 9.17) is 0 Å². The van der Waals surface area contributed by atoms with Crippen LogP contribution in [0.15, 0.2) is 54.6 Å². The van der Waals surface area contributed by atoms with Crippen molar-refractivity contribution in [2.45, 2.75) is 37.5 Å². The number of hydrogen-bond acceptors (Lipinski definition) is 1. The smallest absolute Gasteiger partial charge is 0.164 e. The Morgan fingerprint density at radius 2 is 1.62 bits per heavy atom. The fourth-order valence-corrected chi connectivity index (χ4v) is 6.94. The Morgan fingerprint density at radius 3 is 2.29 bits per heavy atom. The minimum atomic E-state index is -1.65. The number of hydrogen-bond donors (Lipinski definition) is 0. The molecule has 1 atom stereocenters. The van der Waals surface area contributed by atoms with Crippen molar-refractivity contribution in [2.75, 3.05) is 0 Å². The predicted molar refractivity (Wildman–Crippen MR) is 90.6 cm³/mol. The highest BCUT2D eigenvalue weighted by atomic mass is 28.3. The van der Waals surface area contributed by atoms with E-state index in [1.165, 1.54) is 17.2 Å². The van der Waals surface area contributed by atoms with E-state index in [1.54, 1.807) is 0 Å². The lowest BCUT2D eigenvalue weighted by Gasteiger charge is -2.43. The molecule has 3 rings (SSSR count). The molecule has 1 nitrogen and oxygen atoms in total. The van der Waals surface area contributed by atoms with Gasteiger partial charge in [0, 0.05) is 17.0 Å². The van der Waals surface area contributed by atoms with Crippen LogP contribution in [-0.2, 0) is 5.04 Å². The van der Waals surface area contributed by atoms with Crippen LogP contribution in [0.5, 0.6) is 0 Å². The first-order chi connectivity index (χ1) is 10.0. The van der Waals surface area contributed by atoms with Crippen LogP contribution < -0.4 is 0 Å². The third-order valence-corrected chi connectivity index (χ3v) is 10.2. The van der Waals surface area contributed by atoms with E-state index >= 15 is 0 Å². The molecule has 0 fully saturated rings. The summed E-state index contributed by atoms with van der Waals surface area (Å²) in [4.78, 5) is 12.6. The number of carbonyl (C=O) groups is 1. The lowest BCUT2D eigenvalue weighted by atomic mass is 9.91. The van der Waals surface area contributed by atoms with Crippen LogP contribution in [0.1, 0.15) is 34.8 Å². The summed E-state index contributed by atoms with van der Waals surface area (Å²) < 4.78 is 0. The average Bonchev–Trinajstić information content (AvgIpc) is 2.83. The second-order valence-corrected chi connectivity index (χ2v) is 12.0. The molecule has 0 amide bonds. The van der Waals surface area contributed by atoms with Crippen LogP contribution in [0, 0.1) is 0 Å². The molecule has 2 aromatic carbocycles. The van der Waals surface area contributed by atoms with E-state index < -0.39 is 8.07 Å². The maximum absolute atomic E-state index is 12.6. The summed E-state index contributed by atoms with van der Waals surface area (Å²) in [5.74, 6) is 0.309. The fourth-order valence-electron chi connectivity index (χ4n) is 3.81. The number of carbonyl (C=O) groups excluding carboxylic acids is 1. The van der Waals surface area contributed by atoms with Crippen molar-refractivity contribution in [1.82, 2.24) is 0 Å². The number of rotatable bonds is 3. The third-order valence-electron chi connectivity index (χ3n) is 5.42. The summed E-state index contributed by atoms with van der Waals surface area (Å²) in [7, 11) is -1.65. The minimum absolute atomic E-state index is 0.0727. The molecular formula is C19H22OSi. The van der Waals surface area contributed by atoms with Crippen LogP contribution >= 0.6 is 0 Å². The zero-order valence-electron chi connectivity index (χ0n) is 13.0. The molecule has 2 heteroatoms. The quantitative estimate of drug-likeness (QED) is 0.741. The Kier molecular flexibility index (Phi) is 3.37. The predicted octanol–water partition coefficient (Wildman–Crippen LogP) is 4.83. The molecule has 0 N–H and O–H groups in total. The van der Waals surface area contributed by atoms with Crippen LogP contribution in [0.25, 0.3) is 0 Å². The molecule has 0 aliphatic heterocycles. The second-order valence-electron chi connectivity index (χ2n) is 6.65. The van der Waals surface area contributed by atoms with Crippen molar-refractivity contribution in [3.8, 4) is 0 Å². The van der Waals surface area contributed by atoms with Gasteiger partial charge in [0.05, 0.1) is 8.07 Å². The van der Waals surface area contributed by atoms with E-state index in [0.29, 0.717) is 12.2 Å². The van der Waals surface area contributed by atoms with E-state index in [0.717, 1.165) is 5.56 Å². The summed E-state index contributed by atoms with van der Waals surface area (Å²) in [6.45, 7) is 7.13. The van der Waals surface area contributed by atoms with Gasteiger partial charge in [0.1, 0.15) is 0 Å². The monoisotopic (exact) mass is 294 g/mol. The van der Waals surface area contributed by atoms with E-state index in [2.05, 4.69) is 62.5 Å². The van der Waals surface area contributed by atoms with E-state index in [1.807, 2.05) is 12.1 Å². The first kappa shape index (κ1) is 14.3. The fraction of sp³-hybridized carbons (Fsp3) is 0.316. The van der Waals surface area contributed by atoms with Crippen molar-refractivity contribution in [2.24, 2.45) is 0 Å². The normalized spacial score (nSPS) is 21.4. The van der Waals surface area contributed by atoms with Gasteiger partial charge in [0.25, 0.3) is 0 Å². The molecule has 0 saturated carbocycles. The maximum atomic E-state index is 12.6. The first-order valence-electron chi connectivity index (χ1n) is 7.71. The van der Waals surface area contributed by atoms with E-state index in [-0.39, 0.29) is 5.04 Å². The molecule has 0 saturated heterocycles. The first-order valence-corrected chi connectivity index (χ1v) is 10.9. The molecule has 2 aromatic rings. The minimum Gasteiger partial charge on any atom is -0.294 e. The Morgan fingerprint density at radius 1 is 1.00 bits per heavy atom. The van der Waals surface area contributed by atoms with Gasteiger partial charge >= 0.3 is 0 Å². The maximum Gasteiger partial charge on any atom is 0.164 e. The van der Waals surface area contributed by atoms with E-state index in [9.17, 15) is 4.79 Å². The van der Waals surface area contributed by atoms with Crippen LogP contribution in [-0.4, -0.2) is 13.9 Å². The van der Waals surface area contributed by atoms with Gasteiger partial charge in [-0.1, -0.05) is 80.7 Å². The second kappa shape index (κ2) is 4.95.